The van der Waals surface area contributed by atoms with Gasteiger partial charge in [0.25, 0.3) is 0 Å². The molecule has 4 aliphatic rings. The van der Waals surface area contributed by atoms with Gasteiger partial charge in [-0.15, -0.1) is 6.58 Å². The average Bonchev–Trinajstić information content (AvgIpc) is 3.27. The van der Waals surface area contributed by atoms with Crippen molar-refractivity contribution in [1.82, 2.24) is 4.90 Å². The normalized spacial score (nSPS) is 26.0. The van der Waals surface area contributed by atoms with Crippen molar-refractivity contribution < 1.29 is 43.5 Å². The Morgan fingerprint density at radius 3 is 2.49 bits per heavy atom. The van der Waals surface area contributed by atoms with Crippen LogP contribution in [0, 0.1) is 31.6 Å². The Balaban J connectivity index is 1.40. The van der Waals surface area contributed by atoms with Gasteiger partial charge in [0.2, 0.25) is 18.0 Å². The number of hydrogen-bond donors (Lipinski definition) is 2. The molecule has 1 saturated carbocycles. The highest BCUT2D eigenvalue weighted by molar-refractivity contribution is 6.03. The highest BCUT2D eigenvalue weighted by atomic mass is 16.8. The molecule has 7 rings (SSSR count). The predicted octanol–water partition coefficient (Wildman–Crippen LogP) is 8.97. The van der Waals surface area contributed by atoms with E-state index in [0.717, 1.165) is 78.7 Å². The number of carbonyl (C=O) groups excluding carboxylic acids is 1. The summed E-state index contributed by atoms with van der Waals surface area (Å²) < 4.78 is 32.5. The summed E-state index contributed by atoms with van der Waals surface area (Å²) in [5, 5.41) is 24.8. The van der Waals surface area contributed by atoms with Crippen molar-refractivity contribution in [3.63, 3.8) is 0 Å². The van der Waals surface area contributed by atoms with Gasteiger partial charge in [-0.3, -0.25) is 4.79 Å². The SMILES string of the molecule is C=CCOC12Oc3ccc(Oc4ccc(C)c(C)c4)cc3C3C(CCCCO)C(CCCCO)C=C(C(=NOC4CCCCO4)CC1N(C)C(=O)Cc1cccc(OC)c1)C32. The first-order valence-corrected chi connectivity index (χ1v) is 22.2. The number of hydrogen-bond acceptors (Lipinski definition) is 10. The van der Waals surface area contributed by atoms with Crippen LogP contribution in [0.3, 0.4) is 0 Å². The van der Waals surface area contributed by atoms with Crippen molar-refractivity contribution in [1.29, 1.82) is 0 Å². The van der Waals surface area contributed by atoms with Gasteiger partial charge in [-0.2, -0.15) is 0 Å². The van der Waals surface area contributed by atoms with Gasteiger partial charge >= 0.3 is 0 Å². The first kappa shape index (κ1) is 44.4. The molecule has 0 bridgehead atoms. The topological polar surface area (TPSA) is 129 Å². The molecule has 0 radical (unpaired) electrons. The maximum Gasteiger partial charge on any atom is 0.239 e. The Hall–Kier alpha value is -4.68. The number of aliphatic hydroxyl groups is 2. The first-order valence-electron chi connectivity index (χ1n) is 22.2. The molecule has 2 fully saturated rings. The lowest BCUT2D eigenvalue weighted by molar-refractivity contribution is -0.255. The van der Waals surface area contributed by atoms with Crippen LogP contribution in [0.4, 0.5) is 0 Å². The van der Waals surface area contributed by atoms with Crippen molar-refractivity contribution in [2.45, 2.75) is 109 Å². The van der Waals surface area contributed by atoms with E-state index in [2.05, 4.69) is 44.7 Å². The molecule has 3 aromatic carbocycles. The number of fused-ring (bicyclic) bond motifs is 2. The third-order valence-electron chi connectivity index (χ3n) is 13.1. The molecular formula is C50H64N2O9. The number of carbonyl (C=O) groups is 1. The predicted molar refractivity (Wildman–Crippen MR) is 235 cm³/mol. The molecular weight excluding hydrogens is 773 g/mol. The largest absolute Gasteiger partial charge is 0.497 e. The van der Waals surface area contributed by atoms with Gasteiger partial charge < -0.3 is 43.6 Å². The average molecular weight is 837 g/mol. The molecule has 61 heavy (non-hydrogen) atoms. The van der Waals surface area contributed by atoms with E-state index in [0.29, 0.717) is 43.1 Å². The van der Waals surface area contributed by atoms with Crippen molar-refractivity contribution in [3.8, 4) is 23.0 Å². The second kappa shape index (κ2) is 20.5. The number of unbranched alkanes of at least 4 members (excludes halogenated alkanes) is 2. The van der Waals surface area contributed by atoms with Crippen molar-refractivity contribution in [3.05, 3.63) is 107 Å². The molecule has 328 valence electrons. The van der Waals surface area contributed by atoms with Crippen LogP contribution in [-0.4, -0.2) is 85.4 Å². The molecule has 11 nitrogen and oxygen atoms in total. The van der Waals surface area contributed by atoms with Crippen molar-refractivity contribution in [2.24, 2.45) is 22.9 Å². The van der Waals surface area contributed by atoms with E-state index < -0.39 is 24.0 Å². The molecule has 7 unspecified atom stereocenters. The fourth-order valence-electron chi connectivity index (χ4n) is 9.88. The summed E-state index contributed by atoms with van der Waals surface area (Å²) in [5.41, 5.74) is 5.88. The van der Waals surface area contributed by atoms with Crippen LogP contribution in [0.15, 0.2) is 90.1 Å². The number of amides is 1. The molecule has 2 aliphatic heterocycles. The quantitative estimate of drug-likeness (QED) is 0.0691. The summed E-state index contributed by atoms with van der Waals surface area (Å²) in [4.78, 5) is 22.6. The van der Waals surface area contributed by atoms with Crippen LogP contribution in [0.1, 0.15) is 92.4 Å². The Morgan fingerprint density at radius 2 is 1.75 bits per heavy atom. The Labute approximate surface area is 361 Å². The molecule has 0 aromatic heterocycles. The van der Waals surface area contributed by atoms with Gasteiger partial charge in [0.15, 0.2) is 0 Å². The maximum absolute atomic E-state index is 14.6. The fourth-order valence-corrected chi connectivity index (χ4v) is 9.88. The Kier molecular flexibility index (Phi) is 14.9. The smallest absolute Gasteiger partial charge is 0.239 e. The lowest BCUT2D eigenvalue weighted by Crippen LogP contribution is -2.69. The zero-order valence-corrected chi connectivity index (χ0v) is 36.4. The number of rotatable bonds is 19. The highest BCUT2D eigenvalue weighted by Crippen LogP contribution is 2.62. The summed E-state index contributed by atoms with van der Waals surface area (Å²) in [6, 6.07) is 19.1. The molecule has 1 saturated heterocycles. The van der Waals surface area contributed by atoms with E-state index in [1.165, 1.54) is 5.56 Å². The number of likely N-dealkylation sites (N-methyl/N-ethyl adjacent to an activating group) is 1. The fraction of sp³-hybridized carbons (Fsp3) is 0.520. The number of benzene rings is 3. The first-order chi connectivity index (χ1) is 29.7. The lowest BCUT2D eigenvalue weighted by atomic mass is 9.55. The molecule has 7 atom stereocenters. The van der Waals surface area contributed by atoms with E-state index >= 15 is 0 Å². The van der Waals surface area contributed by atoms with E-state index in [4.69, 9.17) is 33.7 Å². The summed E-state index contributed by atoms with van der Waals surface area (Å²) in [6.07, 6.45) is 11.5. The van der Waals surface area contributed by atoms with Gasteiger partial charge in [0.05, 0.1) is 38.4 Å². The monoisotopic (exact) mass is 836 g/mol. The zero-order chi connectivity index (χ0) is 42.9. The number of aryl methyl sites for hydroxylation is 2. The summed E-state index contributed by atoms with van der Waals surface area (Å²) in [6.45, 7) is 9.24. The van der Waals surface area contributed by atoms with Gasteiger partial charge in [0, 0.05) is 44.6 Å². The molecule has 1 amide bonds. The van der Waals surface area contributed by atoms with Crippen molar-refractivity contribution >= 4 is 11.6 Å². The number of methoxy groups -OCH3 is 1. The lowest BCUT2D eigenvalue weighted by Gasteiger charge is -2.59. The standard InChI is InChI=1S/C50H64N2O9/c1-6-25-58-50-45(52(4)46(55)29-35-14-13-16-37(28-35)56-5)32-43(51-61-47-18-9-12-26-57-47)41-30-36(15-7-10-23-53)40(17-8-11-24-54)48(49(41)50)42-31-39(21-22-44(42)60-50)59-38-20-19-33(2)34(3)27-38/h6,13-14,16,19-22,27-28,30-31,36,40,45,47-49,53-54H,1,7-12,15,17-18,23-26,29,32H2,2-5H3. The minimum Gasteiger partial charge on any atom is -0.497 e. The third-order valence-corrected chi connectivity index (χ3v) is 13.1. The number of oxime groups is 1. The van der Waals surface area contributed by atoms with E-state index in [9.17, 15) is 15.0 Å². The summed E-state index contributed by atoms with van der Waals surface area (Å²) >= 11 is 0. The van der Waals surface area contributed by atoms with Crippen molar-refractivity contribution in [2.75, 3.05) is 40.6 Å². The second-order valence-corrected chi connectivity index (χ2v) is 17.1. The maximum atomic E-state index is 14.6. The molecule has 0 spiro atoms. The number of nitrogens with zero attached hydrogens (tertiary/aromatic N) is 2. The van der Waals surface area contributed by atoms with Gasteiger partial charge in [-0.1, -0.05) is 48.3 Å². The number of ether oxygens (including phenoxy) is 5. The van der Waals surface area contributed by atoms with Crippen LogP contribution >= 0.6 is 0 Å². The van der Waals surface area contributed by atoms with Gasteiger partial charge in [0.1, 0.15) is 29.0 Å². The van der Waals surface area contributed by atoms with E-state index in [1.807, 2.05) is 49.5 Å². The highest BCUT2D eigenvalue weighted by Gasteiger charge is 2.65. The van der Waals surface area contributed by atoms with Gasteiger partial charge in [-0.25, -0.2) is 0 Å². The second-order valence-electron chi connectivity index (χ2n) is 17.1. The third kappa shape index (κ3) is 9.86. The number of allylic oxidation sites excluding steroid dienone is 1. The summed E-state index contributed by atoms with van der Waals surface area (Å²) in [5.74, 6) is 0.937. The van der Waals surface area contributed by atoms with Crippen LogP contribution in [0.5, 0.6) is 23.0 Å². The molecule has 11 heteroatoms. The minimum atomic E-state index is -1.35. The Bertz CT molecular complexity index is 2040. The van der Waals surface area contributed by atoms with Crippen LogP contribution in [0.25, 0.3) is 0 Å². The molecule has 2 heterocycles. The zero-order valence-electron chi connectivity index (χ0n) is 36.4. The van der Waals surface area contributed by atoms with Crippen LogP contribution in [0.2, 0.25) is 0 Å². The van der Waals surface area contributed by atoms with Gasteiger partial charge in [-0.05, 0) is 129 Å². The summed E-state index contributed by atoms with van der Waals surface area (Å²) in [7, 11) is 3.45. The Morgan fingerprint density at radius 1 is 0.967 bits per heavy atom. The molecule has 2 N–H and O–H groups in total. The molecule has 2 aliphatic carbocycles. The van der Waals surface area contributed by atoms with Crippen LogP contribution in [-0.2, 0) is 25.5 Å². The van der Waals surface area contributed by atoms with Crippen LogP contribution < -0.4 is 14.2 Å². The minimum absolute atomic E-state index is 0.0885. The number of aliphatic hydroxyl groups excluding tert-OH is 2. The molecule has 3 aromatic rings. The van der Waals surface area contributed by atoms with E-state index in [-0.39, 0.29) is 49.9 Å². The van der Waals surface area contributed by atoms with E-state index in [1.54, 1.807) is 18.1 Å².